The number of ether oxygens (including phenoxy) is 1. The molecule has 110 valence electrons. The smallest absolute Gasteiger partial charge is 0.353 e. The molecule has 1 saturated heterocycles. The monoisotopic (exact) mass is 287 g/mol. The van der Waals surface area contributed by atoms with Crippen molar-refractivity contribution in [2.24, 2.45) is 0 Å². The number of aromatic carboxylic acids is 1. The van der Waals surface area contributed by atoms with Gasteiger partial charge in [-0.2, -0.15) is 5.10 Å². The molecule has 1 aliphatic heterocycles. The molecule has 0 spiro atoms. The van der Waals surface area contributed by atoms with Gasteiger partial charge in [0, 0.05) is 25.2 Å². The van der Waals surface area contributed by atoms with Gasteiger partial charge in [-0.25, -0.2) is 4.79 Å². The number of morpholine rings is 1. The van der Waals surface area contributed by atoms with Crippen molar-refractivity contribution in [1.82, 2.24) is 15.1 Å². The Bertz CT molecular complexity index is 615. The molecule has 6 heteroatoms. The lowest BCUT2D eigenvalue weighted by molar-refractivity contribution is 0.0342. The number of carboxylic acids is 1. The third kappa shape index (κ3) is 3.29. The number of aromatic nitrogens is 2. The summed E-state index contributed by atoms with van der Waals surface area (Å²) in [5.74, 6) is -1.00. The number of aromatic amines is 1. The highest BCUT2D eigenvalue weighted by Gasteiger charge is 2.12. The van der Waals surface area contributed by atoms with Gasteiger partial charge in [-0.3, -0.25) is 10.00 Å². The Morgan fingerprint density at radius 2 is 2.00 bits per heavy atom. The Hall–Kier alpha value is -2.18. The van der Waals surface area contributed by atoms with E-state index < -0.39 is 5.97 Å². The predicted molar refractivity (Wildman–Crippen MR) is 77.1 cm³/mol. The number of rotatable bonds is 4. The number of nitrogens with one attached hydrogen (secondary N) is 1. The van der Waals surface area contributed by atoms with Crippen LogP contribution in [0.15, 0.2) is 30.3 Å². The van der Waals surface area contributed by atoms with Crippen molar-refractivity contribution in [1.29, 1.82) is 0 Å². The maximum absolute atomic E-state index is 10.8. The molecule has 0 radical (unpaired) electrons. The van der Waals surface area contributed by atoms with Crippen LogP contribution in [0.4, 0.5) is 0 Å². The molecule has 0 atom stereocenters. The number of hydrogen-bond acceptors (Lipinski definition) is 4. The standard InChI is InChI=1S/C15H17N3O3/c19-15(20)14-9-13(16-17-14)12-3-1-11(2-4-12)10-18-5-7-21-8-6-18/h1-4,9H,5-8,10H2,(H,16,17)(H,19,20). The summed E-state index contributed by atoms with van der Waals surface area (Å²) in [6.45, 7) is 4.42. The van der Waals surface area contributed by atoms with Crippen LogP contribution >= 0.6 is 0 Å². The molecule has 0 unspecified atom stereocenters. The van der Waals surface area contributed by atoms with Gasteiger partial charge in [0.15, 0.2) is 0 Å². The lowest BCUT2D eigenvalue weighted by Crippen LogP contribution is -2.35. The van der Waals surface area contributed by atoms with E-state index in [2.05, 4.69) is 27.2 Å². The van der Waals surface area contributed by atoms with E-state index >= 15 is 0 Å². The molecule has 1 aromatic heterocycles. The molecule has 0 bridgehead atoms. The van der Waals surface area contributed by atoms with Crippen molar-refractivity contribution in [3.05, 3.63) is 41.6 Å². The van der Waals surface area contributed by atoms with Gasteiger partial charge in [0.1, 0.15) is 5.69 Å². The van der Waals surface area contributed by atoms with Gasteiger partial charge in [0.25, 0.3) is 0 Å². The maximum atomic E-state index is 10.8. The molecule has 2 heterocycles. The first kappa shape index (κ1) is 13.8. The fourth-order valence-electron chi connectivity index (χ4n) is 2.38. The lowest BCUT2D eigenvalue weighted by atomic mass is 10.1. The Kier molecular flexibility index (Phi) is 3.98. The molecule has 2 N–H and O–H groups in total. The number of hydrogen-bond donors (Lipinski definition) is 2. The Morgan fingerprint density at radius 1 is 1.29 bits per heavy atom. The molecule has 0 aliphatic carbocycles. The van der Waals surface area contributed by atoms with Crippen LogP contribution in [0.3, 0.4) is 0 Å². The van der Waals surface area contributed by atoms with Crippen LogP contribution in [0.25, 0.3) is 11.3 Å². The summed E-state index contributed by atoms with van der Waals surface area (Å²) in [5, 5.41) is 15.4. The first-order chi connectivity index (χ1) is 10.2. The summed E-state index contributed by atoms with van der Waals surface area (Å²) < 4.78 is 5.33. The second kappa shape index (κ2) is 6.07. The average molecular weight is 287 g/mol. The highest BCUT2D eigenvalue weighted by atomic mass is 16.5. The second-order valence-corrected chi connectivity index (χ2v) is 5.06. The van der Waals surface area contributed by atoms with E-state index in [1.54, 1.807) is 6.07 Å². The zero-order valence-electron chi connectivity index (χ0n) is 11.6. The first-order valence-corrected chi connectivity index (χ1v) is 6.90. The Morgan fingerprint density at radius 3 is 2.62 bits per heavy atom. The number of benzene rings is 1. The van der Waals surface area contributed by atoms with Crippen molar-refractivity contribution in [2.75, 3.05) is 26.3 Å². The summed E-state index contributed by atoms with van der Waals surface area (Å²) in [5.41, 5.74) is 2.88. The van der Waals surface area contributed by atoms with Crippen LogP contribution in [0.5, 0.6) is 0 Å². The van der Waals surface area contributed by atoms with Crippen LogP contribution in [0.1, 0.15) is 16.1 Å². The Balaban J connectivity index is 1.69. The highest BCUT2D eigenvalue weighted by molar-refractivity contribution is 5.86. The first-order valence-electron chi connectivity index (χ1n) is 6.90. The molecule has 0 saturated carbocycles. The van der Waals surface area contributed by atoms with E-state index in [0.29, 0.717) is 5.69 Å². The fraction of sp³-hybridized carbons (Fsp3) is 0.333. The normalized spacial score (nSPS) is 16.0. The summed E-state index contributed by atoms with van der Waals surface area (Å²) in [6, 6.07) is 9.59. The third-order valence-electron chi connectivity index (χ3n) is 3.57. The third-order valence-corrected chi connectivity index (χ3v) is 3.57. The van der Waals surface area contributed by atoms with Gasteiger partial charge in [-0.1, -0.05) is 24.3 Å². The van der Waals surface area contributed by atoms with Crippen molar-refractivity contribution in [3.63, 3.8) is 0 Å². The fourth-order valence-corrected chi connectivity index (χ4v) is 2.38. The van der Waals surface area contributed by atoms with Gasteiger partial charge in [-0.05, 0) is 11.6 Å². The van der Waals surface area contributed by atoms with E-state index in [1.807, 2.05) is 12.1 Å². The minimum atomic E-state index is -1.00. The van der Waals surface area contributed by atoms with Crippen molar-refractivity contribution in [2.45, 2.75) is 6.54 Å². The zero-order chi connectivity index (χ0) is 14.7. The van der Waals surface area contributed by atoms with E-state index in [9.17, 15) is 4.79 Å². The van der Waals surface area contributed by atoms with Crippen LogP contribution in [-0.2, 0) is 11.3 Å². The maximum Gasteiger partial charge on any atom is 0.353 e. The van der Waals surface area contributed by atoms with Gasteiger partial charge in [0.05, 0.1) is 18.9 Å². The molecule has 1 aliphatic rings. The molecule has 1 fully saturated rings. The summed E-state index contributed by atoms with van der Waals surface area (Å²) in [6.07, 6.45) is 0. The highest BCUT2D eigenvalue weighted by Crippen LogP contribution is 2.19. The van der Waals surface area contributed by atoms with Crippen LogP contribution in [0, 0.1) is 0 Å². The van der Waals surface area contributed by atoms with Gasteiger partial charge in [-0.15, -0.1) is 0 Å². The summed E-state index contributed by atoms with van der Waals surface area (Å²) >= 11 is 0. The largest absolute Gasteiger partial charge is 0.477 e. The minimum absolute atomic E-state index is 0.0994. The molecule has 3 rings (SSSR count). The summed E-state index contributed by atoms with van der Waals surface area (Å²) in [4.78, 5) is 13.2. The van der Waals surface area contributed by atoms with Crippen LogP contribution < -0.4 is 0 Å². The van der Waals surface area contributed by atoms with Crippen molar-refractivity contribution < 1.29 is 14.6 Å². The van der Waals surface area contributed by atoms with Crippen LogP contribution in [0.2, 0.25) is 0 Å². The van der Waals surface area contributed by atoms with E-state index in [1.165, 1.54) is 5.56 Å². The van der Waals surface area contributed by atoms with E-state index in [-0.39, 0.29) is 5.69 Å². The molecule has 0 amide bonds. The number of nitrogens with zero attached hydrogens (tertiary/aromatic N) is 2. The molecular formula is C15H17N3O3. The quantitative estimate of drug-likeness (QED) is 0.893. The number of carbonyl (C=O) groups is 1. The second-order valence-electron chi connectivity index (χ2n) is 5.06. The molecular weight excluding hydrogens is 270 g/mol. The van der Waals surface area contributed by atoms with Gasteiger partial charge >= 0.3 is 5.97 Å². The molecule has 6 nitrogen and oxygen atoms in total. The van der Waals surface area contributed by atoms with Crippen molar-refractivity contribution >= 4 is 5.97 Å². The minimum Gasteiger partial charge on any atom is -0.477 e. The predicted octanol–water partition coefficient (Wildman–Crippen LogP) is 1.61. The number of H-pyrrole nitrogens is 1. The zero-order valence-corrected chi connectivity index (χ0v) is 11.6. The van der Waals surface area contributed by atoms with E-state index in [4.69, 9.17) is 9.84 Å². The Labute approximate surface area is 122 Å². The SMILES string of the molecule is O=C(O)c1cc(-c2ccc(CN3CCOCC3)cc2)n[nH]1. The molecule has 2 aromatic rings. The van der Waals surface area contributed by atoms with Gasteiger partial charge in [0.2, 0.25) is 0 Å². The number of carboxylic acid groups (broad SMARTS) is 1. The average Bonchev–Trinajstić information content (AvgIpc) is 2.99. The van der Waals surface area contributed by atoms with Crippen molar-refractivity contribution in [3.8, 4) is 11.3 Å². The lowest BCUT2D eigenvalue weighted by Gasteiger charge is -2.26. The van der Waals surface area contributed by atoms with Crippen LogP contribution in [-0.4, -0.2) is 52.5 Å². The topological polar surface area (TPSA) is 78.4 Å². The van der Waals surface area contributed by atoms with E-state index in [0.717, 1.165) is 38.4 Å². The molecule has 21 heavy (non-hydrogen) atoms. The molecule has 1 aromatic carbocycles. The summed E-state index contributed by atoms with van der Waals surface area (Å²) in [7, 11) is 0. The van der Waals surface area contributed by atoms with Gasteiger partial charge < -0.3 is 9.84 Å².